The van der Waals surface area contributed by atoms with Crippen LogP contribution in [-0.2, 0) is 10.0 Å². The number of nitrogens with zero attached hydrogens (tertiary/aromatic N) is 2. The summed E-state index contributed by atoms with van der Waals surface area (Å²) in [4.78, 5) is 0.134. The molecule has 0 aromatic carbocycles. The van der Waals surface area contributed by atoms with Crippen molar-refractivity contribution in [2.24, 2.45) is 0 Å². The van der Waals surface area contributed by atoms with Gasteiger partial charge in [-0.15, -0.1) is 11.3 Å². The molecule has 0 bridgehead atoms. The van der Waals surface area contributed by atoms with E-state index in [4.69, 9.17) is 5.26 Å². The predicted octanol–water partition coefficient (Wildman–Crippen LogP) is 2.58. The van der Waals surface area contributed by atoms with Crippen molar-refractivity contribution < 1.29 is 21.6 Å². The summed E-state index contributed by atoms with van der Waals surface area (Å²) in [6, 6.07) is 3.33. The van der Waals surface area contributed by atoms with Crippen LogP contribution in [0.1, 0.15) is 18.7 Å². The fraction of sp³-hybridized carbons (Fsp3) is 0.500. The maximum absolute atomic E-state index is 12.4. The second-order valence-corrected chi connectivity index (χ2v) is 7.19. The number of sulfonamides is 1. The normalized spacial score (nSPS) is 12.9. The van der Waals surface area contributed by atoms with Crippen molar-refractivity contribution in [3.05, 3.63) is 17.0 Å². The molecule has 106 valence electrons. The highest BCUT2D eigenvalue weighted by atomic mass is 32.2. The lowest BCUT2D eigenvalue weighted by Crippen LogP contribution is -2.42. The fourth-order valence-corrected chi connectivity index (χ4v) is 4.21. The molecule has 0 N–H and O–H groups in total. The average molecular weight is 312 g/mol. The van der Waals surface area contributed by atoms with Gasteiger partial charge in [-0.3, -0.25) is 0 Å². The van der Waals surface area contributed by atoms with Gasteiger partial charge in [0.05, 0.1) is 0 Å². The molecule has 0 spiro atoms. The minimum atomic E-state index is -4.62. The molecule has 0 fully saturated rings. The summed E-state index contributed by atoms with van der Waals surface area (Å²) in [5.41, 5.74) is 0. The van der Waals surface area contributed by atoms with E-state index in [1.807, 2.05) is 0 Å². The van der Waals surface area contributed by atoms with E-state index in [0.717, 1.165) is 6.07 Å². The molecule has 0 unspecified atom stereocenters. The first kappa shape index (κ1) is 15.9. The smallest absolute Gasteiger partial charge is 0.206 e. The topological polar surface area (TPSA) is 61.2 Å². The number of rotatable bonds is 4. The molecule has 0 aliphatic carbocycles. The minimum Gasteiger partial charge on any atom is -0.206 e. The molecule has 9 heteroatoms. The number of thiophene rings is 1. The summed E-state index contributed by atoms with van der Waals surface area (Å²) in [7, 11) is -4.24. The predicted molar refractivity (Wildman–Crippen MR) is 64.1 cm³/mol. The first-order valence-electron chi connectivity index (χ1n) is 5.16. The van der Waals surface area contributed by atoms with E-state index < -0.39 is 28.8 Å². The van der Waals surface area contributed by atoms with Gasteiger partial charge in [-0.25, -0.2) is 8.42 Å². The molecule has 19 heavy (non-hydrogen) atoms. The third kappa shape index (κ3) is 3.92. The molecule has 0 aliphatic heterocycles. The van der Waals surface area contributed by atoms with Crippen LogP contribution in [0.2, 0.25) is 0 Å². The Kier molecular flexibility index (Phi) is 4.60. The minimum absolute atomic E-state index is 0.134. The van der Waals surface area contributed by atoms with E-state index >= 15 is 0 Å². The van der Waals surface area contributed by atoms with E-state index in [2.05, 4.69) is 0 Å². The van der Waals surface area contributed by atoms with Gasteiger partial charge in [0.25, 0.3) is 10.0 Å². The second kappa shape index (κ2) is 5.48. The van der Waals surface area contributed by atoms with Gasteiger partial charge in [0, 0.05) is 6.04 Å². The van der Waals surface area contributed by atoms with E-state index in [9.17, 15) is 21.6 Å². The molecule has 1 heterocycles. The fourth-order valence-electron chi connectivity index (χ4n) is 1.36. The van der Waals surface area contributed by atoms with Crippen LogP contribution in [0.5, 0.6) is 0 Å². The summed E-state index contributed by atoms with van der Waals surface area (Å²) in [6.45, 7) is 1.18. The van der Waals surface area contributed by atoms with Crippen LogP contribution in [0, 0.1) is 11.3 Å². The highest BCUT2D eigenvalue weighted by molar-refractivity contribution is 7.91. The highest BCUT2D eigenvalue weighted by Crippen LogP contribution is 2.28. The first-order valence-corrected chi connectivity index (χ1v) is 7.42. The zero-order valence-electron chi connectivity index (χ0n) is 10.1. The Morgan fingerprint density at radius 3 is 2.37 bits per heavy atom. The van der Waals surface area contributed by atoms with Crippen LogP contribution < -0.4 is 0 Å². The van der Waals surface area contributed by atoms with E-state index in [0.29, 0.717) is 15.6 Å². The molecule has 0 atom stereocenters. The third-order valence-electron chi connectivity index (χ3n) is 2.17. The summed E-state index contributed by atoms with van der Waals surface area (Å²) >= 11 is 0.653. The number of alkyl halides is 3. The van der Waals surface area contributed by atoms with E-state index in [-0.39, 0.29) is 9.09 Å². The average Bonchev–Trinajstić information content (AvgIpc) is 2.73. The molecular weight excluding hydrogens is 301 g/mol. The molecule has 0 saturated carbocycles. The van der Waals surface area contributed by atoms with Crippen LogP contribution in [0.25, 0.3) is 0 Å². The van der Waals surface area contributed by atoms with Crippen molar-refractivity contribution >= 4 is 21.4 Å². The summed E-state index contributed by atoms with van der Waals surface area (Å²) in [5.74, 6) is 0. The molecule has 0 saturated heterocycles. The molecule has 4 nitrogen and oxygen atoms in total. The Labute approximate surface area is 113 Å². The van der Waals surface area contributed by atoms with Crippen molar-refractivity contribution in [1.82, 2.24) is 4.31 Å². The van der Waals surface area contributed by atoms with Crippen LogP contribution in [-0.4, -0.2) is 31.5 Å². The molecular formula is C10H11F3N2O2S2. The number of halogens is 3. The lowest BCUT2D eigenvalue weighted by atomic mass is 10.4. The maximum Gasteiger partial charge on any atom is 0.402 e. The largest absolute Gasteiger partial charge is 0.402 e. The van der Waals surface area contributed by atoms with Crippen molar-refractivity contribution in [3.63, 3.8) is 0 Å². The van der Waals surface area contributed by atoms with Crippen LogP contribution in [0.3, 0.4) is 0 Å². The Bertz CT molecular complexity index is 585. The van der Waals surface area contributed by atoms with Gasteiger partial charge in [-0.2, -0.15) is 22.7 Å². The lowest BCUT2D eigenvalue weighted by molar-refractivity contribution is -0.138. The van der Waals surface area contributed by atoms with Crippen molar-refractivity contribution in [2.45, 2.75) is 30.3 Å². The molecule has 0 amide bonds. The second-order valence-electron chi connectivity index (χ2n) is 3.99. The zero-order valence-corrected chi connectivity index (χ0v) is 11.7. The van der Waals surface area contributed by atoms with E-state index in [1.165, 1.54) is 19.9 Å². The quantitative estimate of drug-likeness (QED) is 0.858. The van der Waals surface area contributed by atoms with Crippen LogP contribution in [0.15, 0.2) is 16.3 Å². The molecule has 1 aromatic rings. The zero-order chi connectivity index (χ0) is 14.8. The Morgan fingerprint density at radius 1 is 1.42 bits per heavy atom. The van der Waals surface area contributed by atoms with Gasteiger partial charge in [-0.1, -0.05) is 0 Å². The molecule has 0 aliphatic rings. The van der Waals surface area contributed by atoms with Gasteiger partial charge in [0.1, 0.15) is 21.7 Å². The van der Waals surface area contributed by atoms with Gasteiger partial charge >= 0.3 is 6.18 Å². The molecule has 1 aromatic heterocycles. The van der Waals surface area contributed by atoms with Crippen LogP contribution in [0.4, 0.5) is 13.2 Å². The SMILES string of the molecule is CC(C)N(CC(F)(F)F)S(=O)(=O)c1ccc(C#N)s1. The van der Waals surface area contributed by atoms with Gasteiger partial charge < -0.3 is 0 Å². The van der Waals surface area contributed by atoms with Crippen molar-refractivity contribution in [3.8, 4) is 6.07 Å². The molecule has 0 radical (unpaired) electrons. The number of hydrogen-bond donors (Lipinski definition) is 0. The first-order chi connectivity index (χ1) is 8.58. The summed E-state index contributed by atoms with van der Waals surface area (Å²) < 4.78 is 61.6. The monoisotopic (exact) mass is 312 g/mol. The van der Waals surface area contributed by atoms with Crippen molar-refractivity contribution in [1.29, 1.82) is 5.26 Å². The summed E-state index contributed by atoms with van der Waals surface area (Å²) in [5, 5.41) is 8.62. The van der Waals surface area contributed by atoms with E-state index in [1.54, 1.807) is 6.07 Å². The van der Waals surface area contributed by atoms with Gasteiger partial charge in [0.15, 0.2) is 0 Å². The third-order valence-corrected chi connectivity index (χ3v) is 5.64. The Morgan fingerprint density at radius 2 is 2.00 bits per heavy atom. The van der Waals surface area contributed by atoms with Gasteiger partial charge in [0.2, 0.25) is 0 Å². The highest BCUT2D eigenvalue weighted by Gasteiger charge is 2.39. The molecule has 1 rings (SSSR count). The van der Waals surface area contributed by atoms with Crippen molar-refractivity contribution in [2.75, 3.05) is 6.54 Å². The number of hydrogen-bond acceptors (Lipinski definition) is 4. The Hall–Kier alpha value is -1.11. The van der Waals surface area contributed by atoms with Crippen LogP contribution >= 0.6 is 11.3 Å². The standard InChI is InChI=1S/C10H11F3N2O2S2/c1-7(2)15(6-10(11,12)13)19(16,17)9-4-3-8(5-14)18-9/h3-4,7H,6H2,1-2H3. The maximum atomic E-state index is 12.4. The Balaban J connectivity index is 3.17. The number of nitriles is 1. The van der Waals surface area contributed by atoms with Gasteiger partial charge in [-0.05, 0) is 26.0 Å². The lowest BCUT2D eigenvalue weighted by Gasteiger charge is -2.26. The summed E-state index contributed by atoms with van der Waals surface area (Å²) in [6.07, 6.45) is -4.62.